The lowest BCUT2D eigenvalue weighted by Crippen LogP contribution is -2.22. The first-order chi connectivity index (χ1) is 8.06. The Bertz CT molecular complexity index is 398. The minimum absolute atomic E-state index is 0.0856. The summed E-state index contributed by atoms with van der Waals surface area (Å²) in [5.74, 6) is 1.67. The van der Waals surface area contributed by atoms with Crippen LogP contribution in [0.5, 0.6) is 0 Å². The molecule has 0 aromatic carbocycles. The van der Waals surface area contributed by atoms with Gasteiger partial charge < -0.3 is 10.3 Å². The number of nitrogens with one attached hydrogen (secondary N) is 2. The summed E-state index contributed by atoms with van der Waals surface area (Å²) >= 11 is 0. The van der Waals surface area contributed by atoms with E-state index in [1.807, 2.05) is 13.8 Å². The number of rotatable bonds is 6. The molecule has 0 spiro atoms. The Morgan fingerprint density at radius 3 is 2.65 bits per heavy atom. The third kappa shape index (κ3) is 4.21. The third-order valence-corrected chi connectivity index (χ3v) is 2.79. The van der Waals surface area contributed by atoms with Crippen molar-refractivity contribution in [2.45, 2.75) is 58.9 Å². The van der Waals surface area contributed by atoms with Gasteiger partial charge in [0.15, 0.2) is 0 Å². The Labute approximate surface area is 103 Å². The van der Waals surface area contributed by atoms with Crippen LogP contribution in [0.3, 0.4) is 0 Å². The molecular weight excluding hydrogens is 214 g/mol. The average Bonchev–Trinajstić information content (AvgIpc) is 2.27. The Morgan fingerprint density at radius 2 is 2.12 bits per heavy atom. The van der Waals surface area contributed by atoms with E-state index in [1.165, 1.54) is 6.07 Å². The van der Waals surface area contributed by atoms with Crippen LogP contribution in [0.4, 0.5) is 5.82 Å². The van der Waals surface area contributed by atoms with E-state index in [2.05, 4.69) is 29.1 Å². The molecule has 0 fully saturated rings. The molecule has 0 bridgehead atoms. The summed E-state index contributed by atoms with van der Waals surface area (Å²) in [6.07, 6.45) is 3.27. The molecule has 96 valence electrons. The first-order valence-electron chi connectivity index (χ1n) is 6.44. The van der Waals surface area contributed by atoms with E-state index in [-0.39, 0.29) is 11.5 Å². The van der Waals surface area contributed by atoms with Crippen molar-refractivity contribution in [3.63, 3.8) is 0 Å². The summed E-state index contributed by atoms with van der Waals surface area (Å²) in [5, 5.41) is 3.33. The number of H-pyrrole nitrogens is 1. The number of nitrogens with zero attached hydrogens (tertiary/aromatic N) is 1. The highest BCUT2D eigenvalue weighted by Crippen LogP contribution is 2.12. The minimum Gasteiger partial charge on any atom is -0.367 e. The van der Waals surface area contributed by atoms with E-state index < -0.39 is 0 Å². The maximum absolute atomic E-state index is 11.5. The second-order valence-electron chi connectivity index (χ2n) is 4.71. The fourth-order valence-corrected chi connectivity index (χ4v) is 1.76. The molecule has 0 saturated carbocycles. The molecule has 1 heterocycles. The predicted octanol–water partition coefficient (Wildman–Crippen LogP) is 2.88. The van der Waals surface area contributed by atoms with Crippen molar-refractivity contribution in [3.05, 3.63) is 22.2 Å². The van der Waals surface area contributed by atoms with Crippen molar-refractivity contribution >= 4 is 5.82 Å². The first kappa shape index (κ1) is 13.7. The van der Waals surface area contributed by atoms with Gasteiger partial charge in [0.1, 0.15) is 11.6 Å². The van der Waals surface area contributed by atoms with Gasteiger partial charge in [-0.3, -0.25) is 4.79 Å². The normalized spacial score (nSPS) is 12.8. The van der Waals surface area contributed by atoms with Crippen molar-refractivity contribution in [3.8, 4) is 0 Å². The Hall–Kier alpha value is -1.32. The Morgan fingerprint density at radius 1 is 1.41 bits per heavy atom. The van der Waals surface area contributed by atoms with E-state index in [4.69, 9.17) is 0 Å². The molecule has 1 unspecified atom stereocenters. The number of hydrogen-bond donors (Lipinski definition) is 2. The lowest BCUT2D eigenvalue weighted by molar-refractivity contribution is 0.618. The van der Waals surface area contributed by atoms with Crippen LogP contribution in [-0.2, 0) is 0 Å². The molecule has 17 heavy (non-hydrogen) atoms. The van der Waals surface area contributed by atoms with Crippen LogP contribution in [0, 0.1) is 0 Å². The maximum atomic E-state index is 11.5. The quantitative estimate of drug-likeness (QED) is 0.799. The van der Waals surface area contributed by atoms with Gasteiger partial charge in [-0.25, -0.2) is 4.98 Å². The smallest absolute Gasteiger partial charge is 0.252 e. The van der Waals surface area contributed by atoms with E-state index in [9.17, 15) is 4.79 Å². The number of aromatic nitrogens is 2. The highest BCUT2D eigenvalue weighted by Gasteiger charge is 2.09. The fourth-order valence-electron chi connectivity index (χ4n) is 1.76. The topological polar surface area (TPSA) is 57.8 Å². The van der Waals surface area contributed by atoms with Crippen molar-refractivity contribution < 1.29 is 0 Å². The second-order valence-corrected chi connectivity index (χ2v) is 4.71. The molecule has 0 aliphatic carbocycles. The van der Waals surface area contributed by atoms with Crippen LogP contribution in [0.2, 0.25) is 0 Å². The number of aromatic amines is 1. The summed E-state index contributed by atoms with van der Waals surface area (Å²) in [6.45, 7) is 8.34. The zero-order valence-electron chi connectivity index (χ0n) is 11.2. The van der Waals surface area contributed by atoms with Gasteiger partial charge in [0.25, 0.3) is 5.56 Å². The van der Waals surface area contributed by atoms with Gasteiger partial charge in [-0.1, -0.05) is 34.1 Å². The van der Waals surface area contributed by atoms with E-state index >= 15 is 0 Å². The first-order valence-corrected chi connectivity index (χ1v) is 6.44. The zero-order valence-corrected chi connectivity index (χ0v) is 11.2. The molecule has 0 saturated heterocycles. The van der Waals surface area contributed by atoms with Gasteiger partial charge in [0, 0.05) is 18.0 Å². The SMILES string of the molecule is CCCC(CC)Nc1cc(=O)[nH]c(C(C)C)n1. The summed E-state index contributed by atoms with van der Waals surface area (Å²) in [4.78, 5) is 18.7. The summed E-state index contributed by atoms with van der Waals surface area (Å²) in [6, 6.07) is 1.93. The third-order valence-electron chi connectivity index (χ3n) is 2.79. The van der Waals surface area contributed by atoms with E-state index in [1.54, 1.807) is 0 Å². The van der Waals surface area contributed by atoms with Gasteiger partial charge in [-0.2, -0.15) is 0 Å². The van der Waals surface area contributed by atoms with Gasteiger partial charge in [0.2, 0.25) is 0 Å². The average molecular weight is 237 g/mol. The summed E-state index contributed by atoms with van der Waals surface area (Å²) < 4.78 is 0. The van der Waals surface area contributed by atoms with Crippen LogP contribution in [0.25, 0.3) is 0 Å². The van der Waals surface area contributed by atoms with Crippen molar-refractivity contribution in [2.75, 3.05) is 5.32 Å². The molecule has 0 aliphatic heterocycles. The van der Waals surface area contributed by atoms with Crippen LogP contribution in [0.15, 0.2) is 10.9 Å². The van der Waals surface area contributed by atoms with Gasteiger partial charge >= 0.3 is 0 Å². The summed E-state index contributed by atoms with van der Waals surface area (Å²) in [5.41, 5.74) is -0.0856. The van der Waals surface area contributed by atoms with E-state index in [0.717, 1.165) is 25.1 Å². The highest BCUT2D eigenvalue weighted by atomic mass is 16.1. The van der Waals surface area contributed by atoms with E-state index in [0.29, 0.717) is 11.9 Å². The standard InChI is InChI=1S/C13H23N3O/c1-5-7-10(6-2)14-11-8-12(17)16-13(15-11)9(3)4/h8-10H,5-7H2,1-4H3,(H2,14,15,16,17). The van der Waals surface area contributed by atoms with Gasteiger partial charge in [-0.15, -0.1) is 0 Å². The maximum Gasteiger partial charge on any atom is 0.252 e. The largest absolute Gasteiger partial charge is 0.367 e. The zero-order chi connectivity index (χ0) is 12.8. The van der Waals surface area contributed by atoms with Crippen LogP contribution in [0.1, 0.15) is 58.7 Å². The van der Waals surface area contributed by atoms with Gasteiger partial charge in [-0.05, 0) is 12.8 Å². The monoisotopic (exact) mass is 237 g/mol. The van der Waals surface area contributed by atoms with Crippen molar-refractivity contribution in [1.29, 1.82) is 0 Å². The lowest BCUT2D eigenvalue weighted by atomic mass is 10.1. The van der Waals surface area contributed by atoms with Crippen molar-refractivity contribution in [2.24, 2.45) is 0 Å². The van der Waals surface area contributed by atoms with Crippen LogP contribution in [-0.4, -0.2) is 16.0 Å². The molecule has 4 heteroatoms. The van der Waals surface area contributed by atoms with Crippen LogP contribution >= 0.6 is 0 Å². The molecule has 1 atom stereocenters. The van der Waals surface area contributed by atoms with Crippen molar-refractivity contribution in [1.82, 2.24) is 9.97 Å². The predicted molar refractivity (Wildman–Crippen MR) is 71.6 cm³/mol. The number of hydrogen-bond acceptors (Lipinski definition) is 3. The molecule has 1 aromatic rings. The van der Waals surface area contributed by atoms with Crippen LogP contribution < -0.4 is 10.9 Å². The summed E-state index contributed by atoms with van der Waals surface area (Å²) in [7, 11) is 0. The molecule has 0 amide bonds. The number of anilines is 1. The Kier molecular flexibility index (Phi) is 5.19. The lowest BCUT2D eigenvalue weighted by Gasteiger charge is -2.17. The molecule has 1 aromatic heterocycles. The molecule has 0 radical (unpaired) electrons. The molecule has 0 aliphatic rings. The molecule has 2 N–H and O–H groups in total. The second kappa shape index (κ2) is 6.42. The minimum atomic E-state index is -0.0856. The fraction of sp³-hybridized carbons (Fsp3) is 0.692. The molecule has 1 rings (SSSR count). The Balaban J connectivity index is 2.86. The molecule has 4 nitrogen and oxygen atoms in total. The highest BCUT2D eigenvalue weighted by molar-refractivity contribution is 5.34. The molecular formula is C13H23N3O. The van der Waals surface area contributed by atoms with Gasteiger partial charge in [0.05, 0.1) is 0 Å².